The van der Waals surface area contributed by atoms with Crippen LogP contribution in [0.25, 0.3) is 0 Å². The van der Waals surface area contributed by atoms with Crippen LogP contribution in [-0.4, -0.2) is 25.7 Å². The van der Waals surface area contributed by atoms with E-state index < -0.39 is 0 Å². The van der Waals surface area contributed by atoms with Crippen molar-refractivity contribution in [2.24, 2.45) is 0 Å². The maximum atomic E-state index is 12.6. The van der Waals surface area contributed by atoms with Gasteiger partial charge in [-0.25, -0.2) is 0 Å². The summed E-state index contributed by atoms with van der Waals surface area (Å²) in [4.78, 5) is 12.6. The minimum Gasteiger partial charge on any atom is -0.494 e. The van der Waals surface area contributed by atoms with Gasteiger partial charge in [-0.3, -0.25) is 4.79 Å². The third-order valence-corrected chi connectivity index (χ3v) is 4.08. The maximum Gasteiger partial charge on any atom is 0.255 e. The van der Waals surface area contributed by atoms with Crippen molar-refractivity contribution in [3.8, 4) is 17.2 Å². The lowest BCUT2D eigenvalue weighted by atomic mass is 10.2. The second kappa shape index (κ2) is 10.8. The minimum absolute atomic E-state index is 0.205. The molecule has 0 aliphatic carbocycles. The van der Waals surface area contributed by atoms with Crippen molar-refractivity contribution in [1.82, 2.24) is 0 Å². The Balaban J connectivity index is 1.54. The van der Waals surface area contributed by atoms with Gasteiger partial charge in [0.1, 0.15) is 30.5 Å². The topological polar surface area (TPSA) is 56.8 Å². The fourth-order valence-electron chi connectivity index (χ4n) is 2.64. The zero-order chi connectivity index (χ0) is 20.3. The number of ether oxygens (including phenoxy) is 3. The van der Waals surface area contributed by atoms with Crippen molar-refractivity contribution in [3.05, 3.63) is 84.4 Å². The number of anilines is 1. The van der Waals surface area contributed by atoms with E-state index in [4.69, 9.17) is 14.2 Å². The van der Waals surface area contributed by atoms with Crippen LogP contribution in [-0.2, 0) is 0 Å². The molecule has 0 aliphatic rings. The van der Waals surface area contributed by atoms with E-state index in [9.17, 15) is 4.79 Å². The molecule has 5 heteroatoms. The van der Waals surface area contributed by atoms with Crippen LogP contribution >= 0.6 is 0 Å². The summed E-state index contributed by atoms with van der Waals surface area (Å²) in [6, 6.07) is 24.0. The van der Waals surface area contributed by atoms with Crippen LogP contribution in [0.2, 0.25) is 0 Å². The number of hydrogen-bond donors (Lipinski definition) is 1. The summed E-state index contributed by atoms with van der Waals surface area (Å²) in [7, 11) is 0. The minimum atomic E-state index is -0.205. The van der Waals surface area contributed by atoms with Crippen molar-refractivity contribution >= 4 is 11.6 Å². The molecule has 0 aliphatic heterocycles. The Morgan fingerprint density at radius 3 is 2.10 bits per heavy atom. The zero-order valence-electron chi connectivity index (χ0n) is 16.5. The van der Waals surface area contributed by atoms with Crippen molar-refractivity contribution in [2.75, 3.05) is 25.1 Å². The van der Waals surface area contributed by atoms with Crippen LogP contribution < -0.4 is 19.5 Å². The van der Waals surface area contributed by atoms with E-state index in [2.05, 4.69) is 12.2 Å². The SMILES string of the molecule is CCCOc1ccc(C(=O)Nc2ccccc2OCCOc2ccccc2)cc1. The van der Waals surface area contributed by atoms with Crippen LogP contribution in [0.4, 0.5) is 5.69 Å². The lowest BCUT2D eigenvalue weighted by molar-refractivity contribution is 0.102. The van der Waals surface area contributed by atoms with E-state index in [-0.39, 0.29) is 5.91 Å². The molecule has 0 aromatic heterocycles. The van der Waals surface area contributed by atoms with E-state index in [1.54, 1.807) is 24.3 Å². The molecule has 0 saturated heterocycles. The van der Waals surface area contributed by atoms with Gasteiger partial charge >= 0.3 is 0 Å². The Morgan fingerprint density at radius 2 is 1.34 bits per heavy atom. The molecule has 0 unspecified atom stereocenters. The fourth-order valence-corrected chi connectivity index (χ4v) is 2.64. The molecular weight excluding hydrogens is 366 g/mol. The average Bonchev–Trinajstić information content (AvgIpc) is 2.77. The number of nitrogens with one attached hydrogen (secondary N) is 1. The van der Waals surface area contributed by atoms with Crippen molar-refractivity contribution in [1.29, 1.82) is 0 Å². The van der Waals surface area contributed by atoms with Crippen molar-refractivity contribution in [3.63, 3.8) is 0 Å². The highest BCUT2D eigenvalue weighted by Gasteiger charge is 2.10. The monoisotopic (exact) mass is 391 g/mol. The molecule has 1 N–H and O–H groups in total. The Kier molecular flexibility index (Phi) is 7.52. The second-order valence-corrected chi connectivity index (χ2v) is 6.33. The quantitative estimate of drug-likeness (QED) is 0.484. The predicted molar refractivity (Wildman–Crippen MR) is 114 cm³/mol. The molecule has 150 valence electrons. The van der Waals surface area contributed by atoms with Crippen LogP contribution in [0.3, 0.4) is 0 Å². The molecule has 0 radical (unpaired) electrons. The van der Waals surface area contributed by atoms with Crippen LogP contribution in [0, 0.1) is 0 Å². The molecule has 29 heavy (non-hydrogen) atoms. The summed E-state index contributed by atoms with van der Waals surface area (Å²) in [6.45, 7) is 3.48. The third kappa shape index (κ3) is 6.28. The van der Waals surface area contributed by atoms with E-state index in [0.29, 0.717) is 36.8 Å². The molecule has 3 aromatic carbocycles. The summed E-state index contributed by atoms with van der Waals surface area (Å²) in [6.07, 6.45) is 0.940. The standard InChI is InChI=1S/C24H25NO4/c1-2-16-27-21-14-12-19(13-15-21)24(26)25-22-10-6-7-11-23(22)29-18-17-28-20-8-4-3-5-9-20/h3-15H,2,16-18H2,1H3,(H,25,26). The first-order valence-corrected chi connectivity index (χ1v) is 9.70. The van der Waals surface area contributed by atoms with Gasteiger partial charge in [0.05, 0.1) is 12.3 Å². The normalized spacial score (nSPS) is 10.2. The Hall–Kier alpha value is -3.47. The van der Waals surface area contributed by atoms with Gasteiger partial charge in [-0.2, -0.15) is 0 Å². The highest BCUT2D eigenvalue weighted by Crippen LogP contribution is 2.24. The summed E-state index contributed by atoms with van der Waals surface area (Å²) >= 11 is 0. The smallest absolute Gasteiger partial charge is 0.255 e. The molecule has 0 spiro atoms. The van der Waals surface area contributed by atoms with Gasteiger partial charge in [0, 0.05) is 5.56 Å². The highest BCUT2D eigenvalue weighted by atomic mass is 16.5. The van der Waals surface area contributed by atoms with Crippen LogP contribution in [0.15, 0.2) is 78.9 Å². The Bertz CT molecular complexity index is 894. The van der Waals surface area contributed by atoms with E-state index >= 15 is 0 Å². The molecule has 3 rings (SSSR count). The number of benzene rings is 3. The molecule has 1 amide bonds. The molecule has 0 heterocycles. The highest BCUT2D eigenvalue weighted by molar-refractivity contribution is 6.05. The second-order valence-electron chi connectivity index (χ2n) is 6.33. The first-order chi connectivity index (χ1) is 14.3. The zero-order valence-corrected chi connectivity index (χ0v) is 16.5. The van der Waals surface area contributed by atoms with Gasteiger partial charge in [0.15, 0.2) is 0 Å². The number of carbonyl (C=O) groups excluding carboxylic acids is 1. The summed E-state index contributed by atoms with van der Waals surface area (Å²) in [5, 5.41) is 2.90. The summed E-state index contributed by atoms with van der Waals surface area (Å²) < 4.78 is 17.0. The van der Waals surface area contributed by atoms with E-state index in [1.807, 2.05) is 54.6 Å². The lowest BCUT2D eigenvalue weighted by Gasteiger charge is -2.13. The number of hydrogen-bond acceptors (Lipinski definition) is 4. The molecular formula is C24H25NO4. The third-order valence-electron chi connectivity index (χ3n) is 4.08. The Labute approximate surface area is 171 Å². The number of amides is 1. The van der Waals surface area contributed by atoms with Gasteiger partial charge in [-0.05, 0) is 55.0 Å². The van der Waals surface area contributed by atoms with Gasteiger partial charge in [-0.15, -0.1) is 0 Å². The summed E-state index contributed by atoms with van der Waals surface area (Å²) in [5.41, 5.74) is 1.17. The predicted octanol–water partition coefficient (Wildman–Crippen LogP) is 5.19. The van der Waals surface area contributed by atoms with Crippen LogP contribution in [0.1, 0.15) is 23.7 Å². The largest absolute Gasteiger partial charge is 0.494 e. The van der Waals surface area contributed by atoms with Gasteiger partial charge in [0.2, 0.25) is 0 Å². The molecule has 3 aromatic rings. The number of carbonyl (C=O) groups is 1. The fraction of sp³-hybridized carbons (Fsp3) is 0.208. The first kappa shape index (κ1) is 20.3. The lowest BCUT2D eigenvalue weighted by Crippen LogP contribution is -2.14. The molecule has 5 nitrogen and oxygen atoms in total. The van der Waals surface area contributed by atoms with Gasteiger partial charge < -0.3 is 19.5 Å². The Morgan fingerprint density at radius 1 is 0.724 bits per heavy atom. The van der Waals surface area contributed by atoms with Crippen LogP contribution in [0.5, 0.6) is 17.2 Å². The number of rotatable bonds is 10. The molecule has 0 atom stereocenters. The van der Waals surface area contributed by atoms with E-state index in [0.717, 1.165) is 17.9 Å². The van der Waals surface area contributed by atoms with Crippen molar-refractivity contribution in [2.45, 2.75) is 13.3 Å². The summed E-state index contributed by atoms with van der Waals surface area (Å²) in [5.74, 6) is 1.94. The molecule has 0 fully saturated rings. The molecule has 0 saturated carbocycles. The molecule has 0 bridgehead atoms. The van der Waals surface area contributed by atoms with Crippen molar-refractivity contribution < 1.29 is 19.0 Å². The van der Waals surface area contributed by atoms with Gasteiger partial charge in [-0.1, -0.05) is 37.3 Å². The van der Waals surface area contributed by atoms with Gasteiger partial charge in [0.25, 0.3) is 5.91 Å². The number of para-hydroxylation sites is 3. The first-order valence-electron chi connectivity index (χ1n) is 9.70. The van der Waals surface area contributed by atoms with E-state index in [1.165, 1.54) is 0 Å². The maximum absolute atomic E-state index is 12.6. The average molecular weight is 391 g/mol.